The first-order valence-electron chi connectivity index (χ1n) is 5.88. The first kappa shape index (κ1) is 11.8. The second kappa shape index (κ2) is 5.09. The van der Waals surface area contributed by atoms with E-state index in [1.54, 1.807) is 6.33 Å². The van der Waals surface area contributed by atoms with E-state index in [4.69, 9.17) is 5.73 Å². The highest BCUT2D eigenvalue weighted by Gasteiger charge is 2.12. The summed E-state index contributed by atoms with van der Waals surface area (Å²) in [5.74, 6) is 1.76. The van der Waals surface area contributed by atoms with E-state index < -0.39 is 0 Å². The molecule has 0 bridgehead atoms. The highest BCUT2D eigenvalue weighted by atomic mass is 15.3. The largest absolute Gasteiger partial charge is 0.335 e. The van der Waals surface area contributed by atoms with Crippen LogP contribution in [0.2, 0.25) is 0 Å². The Bertz CT molecular complexity index is 484. The van der Waals surface area contributed by atoms with Crippen molar-refractivity contribution in [1.82, 2.24) is 24.3 Å². The summed E-state index contributed by atoms with van der Waals surface area (Å²) in [7, 11) is 0. The molecular weight excluding hydrogens is 216 g/mol. The molecule has 0 aliphatic carbocycles. The van der Waals surface area contributed by atoms with Crippen LogP contribution in [0.1, 0.15) is 19.2 Å². The Labute approximate surface area is 100 Å². The summed E-state index contributed by atoms with van der Waals surface area (Å²) in [6.45, 7) is 6.39. The van der Waals surface area contributed by atoms with Crippen molar-refractivity contribution in [3.8, 4) is 11.5 Å². The molecule has 0 aliphatic rings. The molecule has 2 rings (SSSR count). The number of aromatic nitrogens is 5. The standard InChI is InChI=1S/C11H18N6/c1-3-5-17-9(2)14-15-11(17)10-7-16(6-4-12)8-13-10/h7-8H,3-6,12H2,1-2H3. The SMILES string of the molecule is CCCn1c(C)nnc1-c1cn(CCN)cn1. The first-order valence-corrected chi connectivity index (χ1v) is 5.88. The van der Waals surface area contributed by atoms with Crippen LogP contribution < -0.4 is 5.73 Å². The lowest BCUT2D eigenvalue weighted by Gasteiger charge is -2.04. The van der Waals surface area contributed by atoms with Crippen molar-refractivity contribution in [3.63, 3.8) is 0 Å². The van der Waals surface area contributed by atoms with Crippen molar-refractivity contribution in [3.05, 3.63) is 18.3 Å². The Morgan fingerprint density at radius 3 is 2.82 bits per heavy atom. The van der Waals surface area contributed by atoms with Gasteiger partial charge in [-0.2, -0.15) is 0 Å². The predicted octanol–water partition coefficient (Wildman–Crippen LogP) is 0.819. The van der Waals surface area contributed by atoms with E-state index in [2.05, 4.69) is 26.7 Å². The van der Waals surface area contributed by atoms with Crippen LogP contribution >= 0.6 is 0 Å². The van der Waals surface area contributed by atoms with E-state index in [1.165, 1.54) is 0 Å². The van der Waals surface area contributed by atoms with E-state index in [1.807, 2.05) is 17.7 Å². The minimum atomic E-state index is 0.608. The summed E-state index contributed by atoms with van der Waals surface area (Å²) in [5.41, 5.74) is 6.36. The molecule has 0 saturated carbocycles. The smallest absolute Gasteiger partial charge is 0.184 e. The molecule has 0 aliphatic heterocycles. The third-order valence-corrected chi connectivity index (χ3v) is 2.63. The van der Waals surface area contributed by atoms with Crippen LogP contribution in [0.25, 0.3) is 11.5 Å². The molecule has 0 aromatic carbocycles. The number of rotatable bonds is 5. The number of nitrogens with zero attached hydrogens (tertiary/aromatic N) is 5. The van der Waals surface area contributed by atoms with Gasteiger partial charge in [-0.05, 0) is 13.3 Å². The van der Waals surface area contributed by atoms with Crippen molar-refractivity contribution in [2.45, 2.75) is 33.4 Å². The van der Waals surface area contributed by atoms with Gasteiger partial charge in [-0.3, -0.25) is 0 Å². The molecule has 0 unspecified atom stereocenters. The Hall–Kier alpha value is -1.69. The van der Waals surface area contributed by atoms with E-state index in [-0.39, 0.29) is 0 Å². The Morgan fingerprint density at radius 2 is 2.12 bits per heavy atom. The van der Waals surface area contributed by atoms with Gasteiger partial charge in [0.1, 0.15) is 11.5 Å². The molecule has 0 fully saturated rings. The summed E-state index contributed by atoms with van der Waals surface area (Å²) in [6, 6.07) is 0. The van der Waals surface area contributed by atoms with Crippen molar-refractivity contribution in [1.29, 1.82) is 0 Å². The maximum absolute atomic E-state index is 5.51. The van der Waals surface area contributed by atoms with Gasteiger partial charge in [0.2, 0.25) is 0 Å². The average Bonchev–Trinajstić information content (AvgIpc) is 2.89. The molecular formula is C11H18N6. The quantitative estimate of drug-likeness (QED) is 0.831. The highest BCUT2D eigenvalue weighted by Crippen LogP contribution is 2.16. The van der Waals surface area contributed by atoms with Crippen LogP contribution in [0.15, 0.2) is 12.5 Å². The highest BCUT2D eigenvalue weighted by molar-refractivity contribution is 5.47. The summed E-state index contributed by atoms with van der Waals surface area (Å²) in [5, 5.41) is 8.29. The topological polar surface area (TPSA) is 74.5 Å². The molecule has 0 atom stereocenters. The average molecular weight is 234 g/mol. The van der Waals surface area contributed by atoms with Gasteiger partial charge >= 0.3 is 0 Å². The monoisotopic (exact) mass is 234 g/mol. The minimum Gasteiger partial charge on any atom is -0.335 e. The van der Waals surface area contributed by atoms with Crippen LogP contribution in [0.5, 0.6) is 0 Å². The Morgan fingerprint density at radius 1 is 1.29 bits per heavy atom. The molecule has 2 aromatic heterocycles. The van der Waals surface area contributed by atoms with Gasteiger partial charge < -0.3 is 14.9 Å². The van der Waals surface area contributed by atoms with Gasteiger partial charge in [0, 0.05) is 25.8 Å². The van der Waals surface area contributed by atoms with Crippen LogP contribution in [-0.4, -0.2) is 30.9 Å². The van der Waals surface area contributed by atoms with E-state index in [0.717, 1.165) is 36.9 Å². The maximum atomic E-state index is 5.51. The molecule has 92 valence electrons. The van der Waals surface area contributed by atoms with Crippen molar-refractivity contribution >= 4 is 0 Å². The van der Waals surface area contributed by atoms with Gasteiger partial charge in [0.05, 0.1) is 6.33 Å². The molecule has 2 N–H and O–H groups in total. The number of hydrogen-bond donors (Lipinski definition) is 1. The second-order valence-electron chi connectivity index (χ2n) is 4.01. The third kappa shape index (κ3) is 2.36. The van der Waals surface area contributed by atoms with Crippen LogP contribution in [0.4, 0.5) is 0 Å². The van der Waals surface area contributed by atoms with E-state index in [9.17, 15) is 0 Å². The van der Waals surface area contributed by atoms with Crippen molar-refractivity contribution < 1.29 is 0 Å². The fraction of sp³-hybridized carbons (Fsp3) is 0.545. The zero-order chi connectivity index (χ0) is 12.3. The summed E-state index contributed by atoms with van der Waals surface area (Å²) in [4.78, 5) is 4.35. The third-order valence-electron chi connectivity index (χ3n) is 2.63. The van der Waals surface area contributed by atoms with E-state index >= 15 is 0 Å². The molecule has 6 heteroatoms. The maximum Gasteiger partial charge on any atom is 0.184 e. The number of aryl methyl sites for hydroxylation is 1. The lowest BCUT2D eigenvalue weighted by Crippen LogP contribution is -2.07. The minimum absolute atomic E-state index is 0.608. The zero-order valence-electron chi connectivity index (χ0n) is 10.3. The molecule has 0 saturated heterocycles. The van der Waals surface area contributed by atoms with Crippen molar-refractivity contribution in [2.24, 2.45) is 5.73 Å². The van der Waals surface area contributed by atoms with Gasteiger partial charge in [-0.1, -0.05) is 6.92 Å². The first-order chi connectivity index (χ1) is 8.26. The lowest BCUT2D eigenvalue weighted by molar-refractivity contribution is 0.661. The summed E-state index contributed by atoms with van der Waals surface area (Å²) >= 11 is 0. The van der Waals surface area contributed by atoms with Gasteiger partial charge in [0.25, 0.3) is 0 Å². The van der Waals surface area contributed by atoms with Crippen LogP contribution in [-0.2, 0) is 13.1 Å². The van der Waals surface area contributed by atoms with Gasteiger partial charge in [-0.15, -0.1) is 10.2 Å². The Kier molecular flexibility index (Phi) is 3.53. The second-order valence-corrected chi connectivity index (χ2v) is 4.01. The van der Waals surface area contributed by atoms with Crippen LogP contribution in [0, 0.1) is 6.92 Å². The molecule has 2 heterocycles. The van der Waals surface area contributed by atoms with Crippen molar-refractivity contribution in [2.75, 3.05) is 6.54 Å². The fourth-order valence-electron chi connectivity index (χ4n) is 1.81. The Balaban J connectivity index is 2.31. The lowest BCUT2D eigenvalue weighted by atomic mass is 10.4. The number of nitrogens with two attached hydrogens (primary N) is 1. The number of imidazole rings is 1. The molecule has 2 aromatic rings. The molecule has 17 heavy (non-hydrogen) atoms. The predicted molar refractivity (Wildman–Crippen MR) is 65.3 cm³/mol. The molecule has 0 spiro atoms. The number of hydrogen-bond acceptors (Lipinski definition) is 4. The fourth-order valence-corrected chi connectivity index (χ4v) is 1.81. The normalized spacial score (nSPS) is 11.0. The van der Waals surface area contributed by atoms with Crippen LogP contribution in [0.3, 0.4) is 0 Å². The van der Waals surface area contributed by atoms with Gasteiger partial charge in [0.15, 0.2) is 5.82 Å². The zero-order valence-corrected chi connectivity index (χ0v) is 10.3. The van der Waals surface area contributed by atoms with E-state index in [0.29, 0.717) is 6.54 Å². The summed E-state index contributed by atoms with van der Waals surface area (Å²) < 4.78 is 4.06. The summed E-state index contributed by atoms with van der Waals surface area (Å²) in [6.07, 6.45) is 4.79. The molecule has 0 radical (unpaired) electrons. The van der Waals surface area contributed by atoms with Gasteiger partial charge in [-0.25, -0.2) is 4.98 Å². The molecule has 0 amide bonds. The molecule has 6 nitrogen and oxygen atoms in total.